The number of allylic oxidation sites excluding steroid dienone is 2. The summed E-state index contributed by atoms with van der Waals surface area (Å²) in [7, 11) is 0. The van der Waals surface area contributed by atoms with Crippen LogP contribution in [0.5, 0.6) is 0 Å². The van der Waals surface area contributed by atoms with Crippen molar-refractivity contribution >= 4 is 10.8 Å². The van der Waals surface area contributed by atoms with Crippen LogP contribution in [-0.2, 0) is 12.8 Å². The van der Waals surface area contributed by atoms with Crippen molar-refractivity contribution in [3.8, 4) is 23.0 Å². The van der Waals surface area contributed by atoms with E-state index in [1.54, 1.807) is 0 Å². The van der Waals surface area contributed by atoms with E-state index >= 15 is 4.39 Å². The molecule has 4 rings (SSSR count). The van der Waals surface area contributed by atoms with Crippen molar-refractivity contribution in [2.24, 2.45) is 0 Å². The minimum Gasteiger partial charge on any atom is -0.206 e. The molecule has 0 spiro atoms. The van der Waals surface area contributed by atoms with E-state index < -0.39 is 0 Å². The molecule has 0 atom stereocenters. The summed E-state index contributed by atoms with van der Waals surface area (Å²) >= 11 is 0. The van der Waals surface area contributed by atoms with Crippen LogP contribution in [0.3, 0.4) is 0 Å². The maximum Gasteiger partial charge on any atom is 0.138 e. The highest BCUT2D eigenvalue weighted by atomic mass is 19.1. The van der Waals surface area contributed by atoms with Gasteiger partial charge in [0.1, 0.15) is 5.82 Å². The summed E-state index contributed by atoms with van der Waals surface area (Å²) in [5, 5.41) is 1.50. The Morgan fingerprint density at radius 3 is 2.18 bits per heavy atom. The monoisotopic (exact) mass is 446 g/mol. The van der Waals surface area contributed by atoms with Crippen LogP contribution in [0.2, 0.25) is 0 Å². The van der Waals surface area contributed by atoms with Crippen LogP contribution in [0.25, 0.3) is 21.9 Å². The van der Waals surface area contributed by atoms with Crippen LogP contribution in [0.15, 0.2) is 91.0 Å². The lowest BCUT2D eigenvalue weighted by molar-refractivity contribution is 0.643. The third-order valence-electron chi connectivity index (χ3n) is 6.18. The summed E-state index contributed by atoms with van der Waals surface area (Å²) in [4.78, 5) is 0. The van der Waals surface area contributed by atoms with Gasteiger partial charge in [0.2, 0.25) is 0 Å². The minimum absolute atomic E-state index is 0.174. The van der Waals surface area contributed by atoms with Gasteiger partial charge in [0.25, 0.3) is 0 Å². The van der Waals surface area contributed by atoms with Crippen LogP contribution >= 0.6 is 0 Å². The molecule has 0 bridgehead atoms. The zero-order valence-corrected chi connectivity index (χ0v) is 20.1. The molecule has 34 heavy (non-hydrogen) atoms. The molecule has 0 saturated carbocycles. The number of hydrogen-bond donors (Lipinski definition) is 0. The Morgan fingerprint density at radius 2 is 1.44 bits per heavy atom. The molecule has 0 saturated heterocycles. The van der Waals surface area contributed by atoms with E-state index in [1.807, 2.05) is 49.4 Å². The fourth-order valence-electron chi connectivity index (χ4n) is 4.14. The number of unbranched alkanes of at least 4 members (excludes halogenated alkanes) is 1. The van der Waals surface area contributed by atoms with E-state index in [4.69, 9.17) is 0 Å². The summed E-state index contributed by atoms with van der Waals surface area (Å²) in [5.74, 6) is 6.29. The Bertz CT molecular complexity index is 1330. The number of fused-ring (bicyclic) bond motifs is 1. The molecule has 0 radical (unpaired) electrons. The van der Waals surface area contributed by atoms with Gasteiger partial charge in [-0.15, -0.1) is 0 Å². The zero-order chi connectivity index (χ0) is 23.8. The summed E-state index contributed by atoms with van der Waals surface area (Å²) in [6.45, 7) is 4.24. The maximum absolute atomic E-state index is 15.3. The van der Waals surface area contributed by atoms with E-state index in [9.17, 15) is 0 Å². The van der Waals surface area contributed by atoms with Crippen molar-refractivity contribution < 1.29 is 4.39 Å². The second-order valence-electron chi connectivity index (χ2n) is 8.72. The van der Waals surface area contributed by atoms with Crippen LogP contribution in [-0.4, -0.2) is 0 Å². The number of aryl methyl sites for hydroxylation is 2. The van der Waals surface area contributed by atoms with Gasteiger partial charge in [-0.1, -0.05) is 91.9 Å². The number of benzene rings is 4. The van der Waals surface area contributed by atoms with Crippen LogP contribution < -0.4 is 0 Å². The van der Waals surface area contributed by atoms with E-state index in [-0.39, 0.29) is 5.82 Å². The third-order valence-corrected chi connectivity index (χ3v) is 6.18. The fourth-order valence-corrected chi connectivity index (χ4v) is 4.14. The zero-order valence-electron chi connectivity index (χ0n) is 20.1. The van der Waals surface area contributed by atoms with Gasteiger partial charge in [-0.05, 0) is 78.9 Å². The second-order valence-corrected chi connectivity index (χ2v) is 8.72. The molecule has 0 nitrogen and oxygen atoms in total. The summed E-state index contributed by atoms with van der Waals surface area (Å²) in [5.41, 5.74) is 6.05. The molecule has 1 heteroatoms. The van der Waals surface area contributed by atoms with Gasteiger partial charge in [-0.25, -0.2) is 4.39 Å². The van der Waals surface area contributed by atoms with Crippen LogP contribution in [0, 0.1) is 17.7 Å². The number of hydrogen-bond acceptors (Lipinski definition) is 0. The van der Waals surface area contributed by atoms with Crippen molar-refractivity contribution in [3.05, 3.63) is 119 Å². The Hall–Kier alpha value is -3.63. The van der Waals surface area contributed by atoms with E-state index in [1.165, 1.54) is 24.0 Å². The SMILES string of the molecule is C/C=C/CCc1ccc(C#Cc2ccc3c(F)c(-c4ccc(CCCC)cc4)ccc3c2)cc1. The van der Waals surface area contributed by atoms with Crippen molar-refractivity contribution in [1.29, 1.82) is 0 Å². The topological polar surface area (TPSA) is 0 Å². The van der Waals surface area contributed by atoms with Gasteiger partial charge in [0, 0.05) is 22.1 Å². The number of halogens is 1. The maximum atomic E-state index is 15.3. The molecule has 170 valence electrons. The van der Waals surface area contributed by atoms with Crippen LogP contribution in [0.1, 0.15) is 55.4 Å². The van der Waals surface area contributed by atoms with E-state index in [0.717, 1.165) is 41.3 Å². The Labute approximate surface area is 203 Å². The largest absolute Gasteiger partial charge is 0.206 e. The second kappa shape index (κ2) is 11.5. The quantitative estimate of drug-likeness (QED) is 0.196. The first kappa shape index (κ1) is 23.5. The van der Waals surface area contributed by atoms with Crippen molar-refractivity contribution in [2.45, 2.75) is 46.0 Å². The van der Waals surface area contributed by atoms with Gasteiger partial charge in [0.15, 0.2) is 0 Å². The molecule has 0 aliphatic carbocycles. The molecule has 0 amide bonds. The summed E-state index contributed by atoms with van der Waals surface area (Å²) in [6, 6.07) is 26.3. The first-order chi connectivity index (χ1) is 16.7. The summed E-state index contributed by atoms with van der Waals surface area (Å²) < 4.78 is 15.3. The first-order valence-electron chi connectivity index (χ1n) is 12.2. The Morgan fingerprint density at radius 1 is 0.765 bits per heavy atom. The van der Waals surface area contributed by atoms with Gasteiger partial charge >= 0.3 is 0 Å². The lowest BCUT2D eigenvalue weighted by Crippen LogP contribution is -1.89. The average Bonchev–Trinajstić information content (AvgIpc) is 2.88. The van der Waals surface area contributed by atoms with Gasteiger partial charge in [-0.3, -0.25) is 0 Å². The molecule has 0 fully saturated rings. The number of rotatable bonds is 7. The standard InChI is InChI=1S/C33H31F/c1-3-5-7-9-26-10-12-27(13-11-26)14-15-28-18-22-32-30(24-28)21-23-31(33(32)34)29-19-16-25(17-20-29)8-6-4-2/h3,5,10-13,16-24H,4,6-9H2,1-2H3/b5-3+. The Kier molecular flexibility index (Phi) is 7.95. The fraction of sp³-hybridized carbons (Fsp3) is 0.212. The summed E-state index contributed by atoms with van der Waals surface area (Å²) in [6.07, 6.45) is 9.79. The van der Waals surface area contributed by atoms with Crippen molar-refractivity contribution in [2.75, 3.05) is 0 Å². The molecule has 0 aliphatic heterocycles. The highest BCUT2D eigenvalue weighted by molar-refractivity contribution is 5.89. The smallest absolute Gasteiger partial charge is 0.138 e. The molecule has 0 unspecified atom stereocenters. The lowest BCUT2D eigenvalue weighted by atomic mass is 9.97. The molecule has 0 N–H and O–H groups in total. The predicted molar refractivity (Wildman–Crippen MR) is 144 cm³/mol. The molecule has 4 aromatic carbocycles. The molecule has 0 aromatic heterocycles. The van der Waals surface area contributed by atoms with Crippen molar-refractivity contribution in [3.63, 3.8) is 0 Å². The lowest BCUT2D eigenvalue weighted by Gasteiger charge is -2.09. The van der Waals surface area contributed by atoms with Crippen LogP contribution in [0.4, 0.5) is 4.39 Å². The van der Waals surface area contributed by atoms with E-state index in [2.05, 4.69) is 67.3 Å². The first-order valence-corrected chi connectivity index (χ1v) is 12.2. The minimum atomic E-state index is -0.174. The highest BCUT2D eigenvalue weighted by Gasteiger charge is 2.10. The molecule has 0 heterocycles. The average molecular weight is 447 g/mol. The van der Waals surface area contributed by atoms with Gasteiger partial charge in [0.05, 0.1) is 0 Å². The molecule has 4 aromatic rings. The van der Waals surface area contributed by atoms with Gasteiger partial charge < -0.3 is 0 Å². The normalized spacial score (nSPS) is 11.0. The third kappa shape index (κ3) is 5.83. The molecular weight excluding hydrogens is 415 g/mol. The van der Waals surface area contributed by atoms with Crippen molar-refractivity contribution in [1.82, 2.24) is 0 Å². The predicted octanol–water partition coefficient (Wildman–Crippen LogP) is 8.90. The van der Waals surface area contributed by atoms with Gasteiger partial charge in [-0.2, -0.15) is 0 Å². The molecular formula is C33H31F. The Balaban J connectivity index is 1.52. The molecule has 0 aliphatic rings. The highest BCUT2D eigenvalue weighted by Crippen LogP contribution is 2.30. The van der Waals surface area contributed by atoms with E-state index in [0.29, 0.717) is 10.9 Å².